The summed E-state index contributed by atoms with van der Waals surface area (Å²) in [6.07, 6.45) is 3.02. The van der Waals surface area contributed by atoms with Gasteiger partial charge in [-0.1, -0.05) is 30.3 Å². The fourth-order valence-electron chi connectivity index (χ4n) is 4.11. The molecule has 5 N–H and O–H groups in total. The number of carbonyl (C=O) groups excluding carboxylic acids is 1. The Bertz CT molecular complexity index is 1480. The van der Waals surface area contributed by atoms with Crippen LogP contribution in [0.1, 0.15) is 61.2 Å². The lowest BCUT2D eigenvalue weighted by Crippen LogP contribution is -2.33. The SMILES string of the molecule is CC(C)(O)c1nnc(-c2cnc(Nc3ncc4c(n3)C(C)(C)NC4=O)cc2N[C@H](CO)c2ccccc2)o1. The number of fused-ring (bicyclic) bond motifs is 1. The summed E-state index contributed by atoms with van der Waals surface area (Å²) >= 11 is 0. The first kappa shape index (κ1) is 25.2. The molecule has 5 rings (SSSR count). The second kappa shape index (κ2) is 9.47. The average Bonchev–Trinajstić information content (AvgIpc) is 3.46. The van der Waals surface area contributed by atoms with Crippen LogP contribution in [0.4, 0.5) is 17.5 Å². The van der Waals surface area contributed by atoms with Gasteiger partial charge in [0.2, 0.25) is 11.8 Å². The molecule has 0 saturated carbocycles. The van der Waals surface area contributed by atoms with Crippen LogP contribution in [0.3, 0.4) is 0 Å². The maximum Gasteiger partial charge on any atom is 0.255 e. The van der Waals surface area contributed by atoms with Crippen molar-refractivity contribution in [1.29, 1.82) is 0 Å². The summed E-state index contributed by atoms with van der Waals surface area (Å²) in [5, 5.41) is 37.8. The van der Waals surface area contributed by atoms with E-state index in [1.807, 2.05) is 44.2 Å². The molecule has 0 saturated heterocycles. The Morgan fingerprint density at radius 3 is 2.53 bits per heavy atom. The smallest absolute Gasteiger partial charge is 0.255 e. The summed E-state index contributed by atoms with van der Waals surface area (Å²) in [4.78, 5) is 25.5. The van der Waals surface area contributed by atoms with Crippen LogP contribution in [-0.2, 0) is 11.1 Å². The summed E-state index contributed by atoms with van der Waals surface area (Å²) in [6.45, 7) is 6.65. The summed E-state index contributed by atoms with van der Waals surface area (Å²) in [7, 11) is 0. The van der Waals surface area contributed by atoms with Crippen LogP contribution in [0, 0.1) is 0 Å². The van der Waals surface area contributed by atoms with Crippen LogP contribution in [0.5, 0.6) is 0 Å². The van der Waals surface area contributed by atoms with Crippen LogP contribution >= 0.6 is 0 Å². The Balaban J connectivity index is 1.52. The van der Waals surface area contributed by atoms with Crippen molar-refractivity contribution in [3.8, 4) is 11.5 Å². The van der Waals surface area contributed by atoms with Crippen molar-refractivity contribution >= 4 is 23.4 Å². The first-order valence-corrected chi connectivity index (χ1v) is 12.0. The van der Waals surface area contributed by atoms with E-state index in [9.17, 15) is 15.0 Å². The molecule has 0 unspecified atom stereocenters. The minimum atomic E-state index is -1.32. The number of pyridine rings is 1. The number of aliphatic hydroxyl groups is 2. The fourth-order valence-corrected chi connectivity index (χ4v) is 4.11. The molecule has 0 fully saturated rings. The number of aliphatic hydroxyl groups excluding tert-OH is 1. The second-order valence-electron chi connectivity index (χ2n) is 10.0. The van der Waals surface area contributed by atoms with Crippen molar-refractivity contribution in [2.24, 2.45) is 0 Å². The van der Waals surface area contributed by atoms with E-state index in [-0.39, 0.29) is 30.2 Å². The average molecular weight is 517 g/mol. The molecule has 1 amide bonds. The van der Waals surface area contributed by atoms with Crippen molar-refractivity contribution in [2.45, 2.75) is 44.9 Å². The van der Waals surface area contributed by atoms with E-state index in [0.717, 1.165) is 5.56 Å². The standard InChI is InChI=1S/C26H28N8O4/c1-25(2)20-16(21(36)32-25)12-28-24(31-20)30-19-10-17(29-18(13-35)14-8-6-5-7-9-14)15(11-27-19)22-33-34-23(38-22)26(3,4)37/h5-12,18,35,37H,13H2,1-4H3,(H,32,36)(H2,27,28,29,30,31)/t18-/m1/s1. The molecule has 12 nitrogen and oxygen atoms in total. The Kier molecular flexibility index (Phi) is 6.29. The van der Waals surface area contributed by atoms with Gasteiger partial charge in [0.25, 0.3) is 11.8 Å². The highest BCUT2D eigenvalue weighted by Gasteiger charge is 2.37. The van der Waals surface area contributed by atoms with Crippen LogP contribution < -0.4 is 16.0 Å². The molecular formula is C26H28N8O4. The van der Waals surface area contributed by atoms with Crippen molar-refractivity contribution in [3.05, 3.63) is 71.5 Å². The van der Waals surface area contributed by atoms with Gasteiger partial charge < -0.3 is 30.6 Å². The van der Waals surface area contributed by atoms with Crippen molar-refractivity contribution in [1.82, 2.24) is 30.5 Å². The number of rotatable bonds is 8. The van der Waals surface area contributed by atoms with E-state index in [4.69, 9.17) is 4.42 Å². The molecule has 1 aliphatic rings. The zero-order chi connectivity index (χ0) is 27.1. The van der Waals surface area contributed by atoms with Crippen LogP contribution in [-0.4, -0.2) is 47.9 Å². The van der Waals surface area contributed by atoms with Gasteiger partial charge in [-0.15, -0.1) is 10.2 Å². The number of amides is 1. The highest BCUT2D eigenvalue weighted by atomic mass is 16.4. The summed E-state index contributed by atoms with van der Waals surface area (Å²) in [5.74, 6) is 0.654. The number of aromatic nitrogens is 5. The Morgan fingerprint density at radius 2 is 1.84 bits per heavy atom. The molecule has 0 bridgehead atoms. The van der Waals surface area contributed by atoms with E-state index in [0.29, 0.717) is 28.3 Å². The predicted octanol–water partition coefficient (Wildman–Crippen LogP) is 3.02. The van der Waals surface area contributed by atoms with Gasteiger partial charge in [-0.25, -0.2) is 15.0 Å². The molecule has 1 aliphatic heterocycles. The molecule has 1 aromatic carbocycles. The number of anilines is 3. The van der Waals surface area contributed by atoms with E-state index >= 15 is 0 Å². The minimum Gasteiger partial charge on any atom is -0.417 e. The number of nitrogens with one attached hydrogen (secondary N) is 3. The first-order chi connectivity index (χ1) is 18.0. The maximum atomic E-state index is 12.2. The summed E-state index contributed by atoms with van der Waals surface area (Å²) in [6, 6.07) is 10.7. The zero-order valence-electron chi connectivity index (χ0n) is 21.4. The monoisotopic (exact) mass is 516 g/mol. The van der Waals surface area contributed by atoms with E-state index < -0.39 is 17.2 Å². The maximum absolute atomic E-state index is 12.2. The van der Waals surface area contributed by atoms with Gasteiger partial charge in [-0.05, 0) is 33.3 Å². The number of hydrogen-bond donors (Lipinski definition) is 5. The summed E-state index contributed by atoms with van der Waals surface area (Å²) < 4.78 is 5.74. The minimum absolute atomic E-state index is 0.0553. The van der Waals surface area contributed by atoms with Gasteiger partial charge >= 0.3 is 0 Å². The quantitative estimate of drug-likeness (QED) is 0.233. The summed E-state index contributed by atoms with van der Waals surface area (Å²) in [5.41, 5.74) is 0.948. The van der Waals surface area contributed by atoms with Crippen LogP contribution in [0.25, 0.3) is 11.5 Å². The normalized spacial score (nSPS) is 15.1. The van der Waals surface area contributed by atoms with Crippen molar-refractivity contribution in [2.75, 3.05) is 17.2 Å². The van der Waals surface area contributed by atoms with Gasteiger partial charge in [0.1, 0.15) is 11.4 Å². The van der Waals surface area contributed by atoms with Gasteiger partial charge in [0, 0.05) is 18.5 Å². The fraction of sp³-hybridized carbons (Fsp3) is 0.308. The van der Waals surface area contributed by atoms with Gasteiger partial charge in [-0.2, -0.15) is 0 Å². The second-order valence-corrected chi connectivity index (χ2v) is 10.0. The van der Waals surface area contributed by atoms with Gasteiger partial charge in [-0.3, -0.25) is 4.79 Å². The van der Waals surface area contributed by atoms with Crippen LogP contribution in [0.15, 0.2) is 53.2 Å². The Morgan fingerprint density at radius 1 is 1.11 bits per heavy atom. The third-order valence-electron chi connectivity index (χ3n) is 6.09. The third kappa shape index (κ3) is 4.91. The highest BCUT2D eigenvalue weighted by Crippen LogP contribution is 2.34. The predicted molar refractivity (Wildman–Crippen MR) is 138 cm³/mol. The van der Waals surface area contributed by atoms with Crippen molar-refractivity contribution < 1.29 is 19.4 Å². The molecule has 38 heavy (non-hydrogen) atoms. The zero-order valence-corrected chi connectivity index (χ0v) is 21.4. The molecular weight excluding hydrogens is 488 g/mol. The lowest BCUT2D eigenvalue weighted by molar-refractivity contribution is 0.0488. The lowest BCUT2D eigenvalue weighted by atomic mass is 10.0. The molecule has 3 aromatic heterocycles. The highest BCUT2D eigenvalue weighted by molar-refractivity contribution is 5.99. The lowest BCUT2D eigenvalue weighted by Gasteiger charge is -2.20. The molecule has 0 radical (unpaired) electrons. The molecule has 0 aliphatic carbocycles. The molecule has 4 heterocycles. The Labute approximate surface area is 218 Å². The van der Waals surface area contributed by atoms with E-state index in [1.165, 1.54) is 12.4 Å². The first-order valence-electron chi connectivity index (χ1n) is 12.0. The molecule has 4 aromatic rings. The van der Waals surface area contributed by atoms with Crippen LogP contribution in [0.2, 0.25) is 0 Å². The molecule has 196 valence electrons. The topological polar surface area (TPSA) is 171 Å². The number of carbonyl (C=O) groups is 1. The number of hydrogen-bond acceptors (Lipinski definition) is 11. The van der Waals surface area contributed by atoms with Crippen molar-refractivity contribution in [3.63, 3.8) is 0 Å². The third-order valence-corrected chi connectivity index (χ3v) is 6.09. The molecule has 12 heteroatoms. The van der Waals surface area contributed by atoms with E-state index in [2.05, 4.69) is 41.1 Å². The number of benzene rings is 1. The number of nitrogens with zero attached hydrogens (tertiary/aromatic N) is 5. The van der Waals surface area contributed by atoms with E-state index in [1.54, 1.807) is 19.9 Å². The molecule has 1 atom stereocenters. The molecule has 0 spiro atoms. The Hall–Kier alpha value is -4.42. The largest absolute Gasteiger partial charge is 0.417 e. The van der Waals surface area contributed by atoms with Gasteiger partial charge in [0.15, 0.2) is 0 Å². The van der Waals surface area contributed by atoms with Gasteiger partial charge in [0.05, 0.1) is 40.7 Å².